The van der Waals surface area contributed by atoms with Gasteiger partial charge in [0, 0.05) is 12.8 Å². The average molecular weight is 240 g/mol. The van der Waals surface area contributed by atoms with Gasteiger partial charge >= 0.3 is 0 Å². The van der Waals surface area contributed by atoms with Crippen molar-refractivity contribution in [2.45, 2.75) is 31.6 Å². The summed E-state index contributed by atoms with van der Waals surface area (Å²) in [6, 6.07) is 11.7. The summed E-state index contributed by atoms with van der Waals surface area (Å²) >= 11 is 0. The lowest BCUT2D eigenvalue weighted by molar-refractivity contribution is -0.120. The minimum Gasteiger partial charge on any atom is -0.508 e. The lowest BCUT2D eigenvalue weighted by Gasteiger charge is -2.21. The average Bonchev–Trinajstić information content (AvgIpc) is 2.38. The zero-order valence-electron chi connectivity index (χ0n) is 10.2. The zero-order chi connectivity index (χ0) is 12.5. The first-order chi connectivity index (χ1) is 8.72. The number of fused-ring (bicyclic) bond motifs is 1. The van der Waals surface area contributed by atoms with E-state index in [1.807, 2.05) is 12.1 Å². The summed E-state index contributed by atoms with van der Waals surface area (Å²) in [6.07, 6.45) is 3.55. The Bertz CT molecular complexity index is 601. The van der Waals surface area contributed by atoms with Crippen molar-refractivity contribution in [1.82, 2.24) is 0 Å². The van der Waals surface area contributed by atoms with Crippen LogP contribution in [0.1, 0.15) is 37.2 Å². The molecule has 0 radical (unpaired) electrons. The van der Waals surface area contributed by atoms with Crippen molar-refractivity contribution in [2.75, 3.05) is 0 Å². The lowest BCUT2D eigenvalue weighted by Crippen LogP contribution is -2.13. The zero-order valence-corrected chi connectivity index (χ0v) is 10.2. The molecule has 0 aliphatic heterocycles. The molecular weight excluding hydrogens is 224 g/mol. The van der Waals surface area contributed by atoms with E-state index in [0.717, 1.165) is 30.0 Å². The number of carbonyl (C=O) groups excluding carboxylic acids is 1. The molecule has 2 aromatic rings. The van der Waals surface area contributed by atoms with E-state index in [4.69, 9.17) is 0 Å². The van der Waals surface area contributed by atoms with Crippen molar-refractivity contribution in [2.24, 2.45) is 0 Å². The fourth-order valence-corrected chi connectivity index (χ4v) is 2.81. The second-order valence-corrected chi connectivity index (χ2v) is 5.12. The maximum absolute atomic E-state index is 11.5. The number of phenolic OH excluding ortho intramolecular Hbond substituents is 1. The van der Waals surface area contributed by atoms with Crippen LogP contribution in [0.5, 0.6) is 5.75 Å². The molecule has 0 aromatic heterocycles. The van der Waals surface area contributed by atoms with Gasteiger partial charge in [0.05, 0.1) is 0 Å². The standard InChI is InChI=1S/C16H16O2/c17-15-3-1-2-11(9-15)12-4-5-14-10-16(18)7-6-13(14)8-12/h4-8,10-11,18H,1-3,9H2. The Hall–Kier alpha value is -1.83. The number of benzene rings is 2. The van der Waals surface area contributed by atoms with Gasteiger partial charge in [-0.15, -0.1) is 0 Å². The van der Waals surface area contributed by atoms with Gasteiger partial charge in [-0.25, -0.2) is 0 Å². The molecule has 2 aromatic carbocycles. The first kappa shape index (κ1) is 11.3. The molecule has 3 rings (SSSR count). The van der Waals surface area contributed by atoms with Gasteiger partial charge in [-0.1, -0.05) is 24.3 Å². The number of aromatic hydroxyl groups is 1. The Balaban J connectivity index is 1.97. The molecule has 0 heterocycles. The second-order valence-electron chi connectivity index (χ2n) is 5.12. The molecule has 2 nitrogen and oxygen atoms in total. The summed E-state index contributed by atoms with van der Waals surface area (Å²) in [5.41, 5.74) is 1.25. The first-order valence-electron chi connectivity index (χ1n) is 6.47. The van der Waals surface area contributed by atoms with Crippen LogP contribution in [0.2, 0.25) is 0 Å². The van der Waals surface area contributed by atoms with E-state index in [2.05, 4.69) is 12.1 Å². The summed E-state index contributed by atoms with van der Waals surface area (Å²) in [4.78, 5) is 11.5. The highest BCUT2D eigenvalue weighted by molar-refractivity contribution is 5.85. The predicted molar refractivity (Wildman–Crippen MR) is 71.8 cm³/mol. The maximum Gasteiger partial charge on any atom is 0.133 e. The van der Waals surface area contributed by atoms with Crippen molar-refractivity contribution in [1.29, 1.82) is 0 Å². The number of carbonyl (C=O) groups is 1. The minimum absolute atomic E-state index is 0.295. The summed E-state index contributed by atoms with van der Waals surface area (Å²) in [7, 11) is 0. The molecule has 2 heteroatoms. The summed E-state index contributed by atoms with van der Waals surface area (Å²) in [5, 5.41) is 11.6. The predicted octanol–water partition coefficient (Wildman–Crippen LogP) is 3.77. The quantitative estimate of drug-likeness (QED) is 0.823. The third-order valence-electron chi connectivity index (χ3n) is 3.80. The molecular formula is C16H16O2. The Morgan fingerprint density at radius 1 is 1.06 bits per heavy atom. The van der Waals surface area contributed by atoms with Crippen LogP contribution in [0.4, 0.5) is 0 Å². The third-order valence-corrected chi connectivity index (χ3v) is 3.80. The Morgan fingerprint density at radius 3 is 2.67 bits per heavy atom. The Kier molecular flexibility index (Phi) is 2.78. The van der Waals surface area contributed by atoms with Crippen LogP contribution in [0.15, 0.2) is 36.4 Å². The smallest absolute Gasteiger partial charge is 0.133 e. The molecule has 92 valence electrons. The van der Waals surface area contributed by atoms with E-state index in [0.29, 0.717) is 23.9 Å². The van der Waals surface area contributed by atoms with Gasteiger partial charge in [0.1, 0.15) is 11.5 Å². The molecule has 0 bridgehead atoms. The largest absolute Gasteiger partial charge is 0.508 e. The highest BCUT2D eigenvalue weighted by atomic mass is 16.3. The number of Topliss-reactive ketones (excluding diaryl/α,β-unsaturated/α-hetero) is 1. The monoisotopic (exact) mass is 240 g/mol. The van der Waals surface area contributed by atoms with E-state index in [9.17, 15) is 9.90 Å². The van der Waals surface area contributed by atoms with Crippen LogP contribution in [-0.2, 0) is 4.79 Å². The van der Waals surface area contributed by atoms with Crippen LogP contribution >= 0.6 is 0 Å². The fourth-order valence-electron chi connectivity index (χ4n) is 2.81. The number of rotatable bonds is 1. The molecule has 18 heavy (non-hydrogen) atoms. The number of ketones is 1. The van der Waals surface area contributed by atoms with Crippen molar-refractivity contribution in [3.8, 4) is 5.75 Å². The van der Waals surface area contributed by atoms with E-state index >= 15 is 0 Å². The van der Waals surface area contributed by atoms with Crippen molar-refractivity contribution < 1.29 is 9.90 Å². The van der Waals surface area contributed by atoms with E-state index in [1.54, 1.807) is 12.1 Å². The van der Waals surface area contributed by atoms with Crippen molar-refractivity contribution in [3.05, 3.63) is 42.0 Å². The van der Waals surface area contributed by atoms with Crippen LogP contribution in [0, 0.1) is 0 Å². The number of hydrogen-bond acceptors (Lipinski definition) is 2. The van der Waals surface area contributed by atoms with Gasteiger partial charge in [-0.2, -0.15) is 0 Å². The van der Waals surface area contributed by atoms with Crippen molar-refractivity contribution in [3.63, 3.8) is 0 Å². The summed E-state index contributed by atoms with van der Waals surface area (Å²) < 4.78 is 0. The highest BCUT2D eigenvalue weighted by Crippen LogP contribution is 2.33. The van der Waals surface area contributed by atoms with Crippen molar-refractivity contribution >= 4 is 16.6 Å². The SMILES string of the molecule is O=C1CCCC(c2ccc3cc(O)ccc3c2)C1. The fraction of sp³-hybridized carbons (Fsp3) is 0.312. The minimum atomic E-state index is 0.295. The van der Waals surface area contributed by atoms with E-state index in [1.165, 1.54) is 5.56 Å². The molecule has 1 N–H and O–H groups in total. The number of hydrogen-bond donors (Lipinski definition) is 1. The van der Waals surface area contributed by atoms with Gasteiger partial charge in [-0.3, -0.25) is 4.79 Å². The van der Waals surface area contributed by atoms with Crippen LogP contribution < -0.4 is 0 Å². The van der Waals surface area contributed by atoms with Gasteiger partial charge < -0.3 is 5.11 Å². The maximum atomic E-state index is 11.5. The molecule has 1 saturated carbocycles. The topological polar surface area (TPSA) is 37.3 Å². The van der Waals surface area contributed by atoms with Crippen LogP contribution in [-0.4, -0.2) is 10.9 Å². The van der Waals surface area contributed by atoms with Crippen LogP contribution in [0.25, 0.3) is 10.8 Å². The molecule has 1 aliphatic carbocycles. The van der Waals surface area contributed by atoms with Gasteiger partial charge in [0.15, 0.2) is 0 Å². The molecule has 0 spiro atoms. The Morgan fingerprint density at radius 2 is 1.83 bits per heavy atom. The molecule has 1 fully saturated rings. The summed E-state index contributed by atoms with van der Waals surface area (Å²) in [5.74, 6) is 1.06. The van der Waals surface area contributed by atoms with Gasteiger partial charge in [0.25, 0.3) is 0 Å². The first-order valence-corrected chi connectivity index (χ1v) is 6.47. The molecule has 0 amide bonds. The normalized spacial score (nSPS) is 20.2. The molecule has 0 saturated heterocycles. The second kappa shape index (κ2) is 4.45. The number of phenols is 1. The third kappa shape index (κ3) is 2.10. The van der Waals surface area contributed by atoms with E-state index in [-0.39, 0.29) is 0 Å². The van der Waals surface area contributed by atoms with Gasteiger partial charge in [-0.05, 0) is 47.2 Å². The molecule has 1 atom stereocenters. The molecule has 1 aliphatic rings. The summed E-state index contributed by atoms with van der Waals surface area (Å²) in [6.45, 7) is 0. The Labute approximate surface area is 106 Å². The highest BCUT2D eigenvalue weighted by Gasteiger charge is 2.20. The molecule has 1 unspecified atom stereocenters. The van der Waals surface area contributed by atoms with Crippen LogP contribution in [0.3, 0.4) is 0 Å². The van der Waals surface area contributed by atoms with Gasteiger partial charge in [0.2, 0.25) is 0 Å². The lowest BCUT2D eigenvalue weighted by atomic mass is 9.83. The van der Waals surface area contributed by atoms with E-state index < -0.39 is 0 Å².